The van der Waals surface area contributed by atoms with E-state index < -0.39 is 6.04 Å². The zero-order chi connectivity index (χ0) is 9.68. The average Bonchev–Trinajstić information content (AvgIpc) is 2.19. The van der Waals surface area contributed by atoms with Gasteiger partial charge in [-0.1, -0.05) is 12.1 Å². The molecule has 0 saturated carbocycles. The van der Waals surface area contributed by atoms with Crippen LogP contribution in [0.5, 0.6) is 0 Å². The van der Waals surface area contributed by atoms with Gasteiger partial charge in [-0.25, -0.2) is 0 Å². The fourth-order valence-corrected chi connectivity index (χ4v) is 1.04. The summed E-state index contributed by atoms with van der Waals surface area (Å²) >= 11 is 0. The van der Waals surface area contributed by atoms with Crippen LogP contribution < -0.4 is 5.73 Å². The van der Waals surface area contributed by atoms with Crippen LogP contribution in [-0.4, -0.2) is 12.3 Å². The molecule has 0 aromatic heterocycles. The van der Waals surface area contributed by atoms with E-state index in [4.69, 9.17) is 11.0 Å². The van der Waals surface area contributed by atoms with E-state index >= 15 is 0 Å². The van der Waals surface area contributed by atoms with Gasteiger partial charge in [-0.05, 0) is 24.1 Å². The minimum Gasteiger partial charge on any atom is -0.321 e. The Morgan fingerprint density at radius 2 is 2.08 bits per heavy atom. The average molecular weight is 174 g/mol. The fraction of sp³-hybridized carbons (Fsp3) is 0.200. The predicted octanol–water partition coefficient (Wildman–Crippen LogP) is 0.627. The van der Waals surface area contributed by atoms with Gasteiger partial charge in [0.25, 0.3) is 0 Å². The van der Waals surface area contributed by atoms with Crippen LogP contribution in [0.2, 0.25) is 0 Å². The van der Waals surface area contributed by atoms with Crippen molar-refractivity contribution in [2.75, 3.05) is 0 Å². The molecule has 0 spiro atoms. The van der Waals surface area contributed by atoms with Crippen molar-refractivity contribution in [3.8, 4) is 6.07 Å². The first kappa shape index (κ1) is 9.43. The first-order valence-electron chi connectivity index (χ1n) is 3.96. The van der Waals surface area contributed by atoms with Crippen molar-refractivity contribution in [3.05, 3.63) is 35.4 Å². The SMILES string of the molecule is N#Cc1ccc(C[C@@H](N)C=O)cc1. The van der Waals surface area contributed by atoms with Gasteiger partial charge in [-0.3, -0.25) is 0 Å². The molecule has 0 radical (unpaired) electrons. The quantitative estimate of drug-likeness (QED) is 0.683. The Balaban J connectivity index is 2.70. The monoisotopic (exact) mass is 174 g/mol. The molecule has 3 nitrogen and oxygen atoms in total. The molecule has 0 amide bonds. The summed E-state index contributed by atoms with van der Waals surface area (Å²) in [5.74, 6) is 0. The largest absolute Gasteiger partial charge is 0.321 e. The Morgan fingerprint density at radius 3 is 2.54 bits per heavy atom. The molecule has 0 heterocycles. The Hall–Kier alpha value is -1.66. The molecule has 0 bridgehead atoms. The van der Waals surface area contributed by atoms with E-state index in [2.05, 4.69) is 0 Å². The number of aldehydes is 1. The molecule has 1 atom stereocenters. The van der Waals surface area contributed by atoms with Gasteiger partial charge < -0.3 is 10.5 Å². The fourth-order valence-electron chi connectivity index (χ4n) is 1.04. The molecular formula is C10H10N2O. The van der Waals surface area contributed by atoms with Crippen LogP contribution in [-0.2, 0) is 11.2 Å². The minimum atomic E-state index is -0.451. The van der Waals surface area contributed by atoms with Crippen LogP contribution >= 0.6 is 0 Å². The lowest BCUT2D eigenvalue weighted by Gasteiger charge is -2.02. The van der Waals surface area contributed by atoms with Crippen LogP contribution in [0.1, 0.15) is 11.1 Å². The molecule has 3 heteroatoms. The van der Waals surface area contributed by atoms with Crippen molar-refractivity contribution in [1.82, 2.24) is 0 Å². The number of benzene rings is 1. The molecule has 13 heavy (non-hydrogen) atoms. The van der Waals surface area contributed by atoms with Gasteiger partial charge >= 0.3 is 0 Å². The third kappa shape index (κ3) is 2.69. The van der Waals surface area contributed by atoms with E-state index in [9.17, 15) is 4.79 Å². The van der Waals surface area contributed by atoms with E-state index in [-0.39, 0.29) is 0 Å². The summed E-state index contributed by atoms with van der Waals surface area (Å²) in [7, 11) is 0. The highest BCUT2D eigenvalue weighted by Crippen LogP contribution is 2.04. The summed E-state index contributed by atoms with van der Waals surface area (Å²) in [6, 6.07) is 8.61. The van der Waals surface area contributed by atoms with E-state index in [1.54, 1.807) is 12.1 Å². The lowest BCUT2D eigenvalue weighted by atomic mass is 10.1. The molecule has 0 saturated heterocycles. The second-order valence-corrected chi connectivity index (χ2v) is 2.81. The maximum Gasteiger partial charge on any atom is 0.137 e. The Kier molecular flexibility index (Phi) is 3.18. The van der Waals surface area contributed by atoms with Crippen molar-refractivity contribution >= 4 is 6.29 Å². The Bertz CT molecular complexity index is 324. The van der Waals surface area contributed by atoms with Crippen molar-refractivity contribution in [3.63, 3.8) is 0 Å². The zero-order valence-corrected chi connectivity index (χ0v) is 7.10. The van der Waals surface area contributed by atoms with Crippen molar-refractivity contribution in [1.29, 1.82) is 5.26 Å². The van der Waals surface area contributed by atoms with Gasteiger partial charge in [0.2, 0.25) is 0 Å². The minimum absolute atomic E-state index is 0.451. The number of rotatable bonds is 3. The van der Waals surface area contributed by atoms with E-state index in [1.807, 2.05) is 18.2 Å². The van der Waals surface area contributed by atoms with Crippen LogP contribution in [0.4, 0.5) is 0 Å². The van der Waals surface area contributed by atoms with E-state index in [1.165, 1.54) is 0 Å². The Labute approximate surface area is 76.8 Å². The van der Waals surface area contributed by atoms with Crippen LogP contribution in [0.25, 0.3) is 0 Å². The lowest BCUT2D eigenvalue weighted by Crippen LogP contribution is -2.23. The summed E-state index contributed by atoms with van der Waals surface area (Å²) < 4.78 is 0. The van der Waals surface area contributed by atoms with Crippen molar-refractivity contribution in [2.24, 2.45) is 5.73 Å². The number of nitrogens with zero attached hydrogens (tertiary/aromatic N) is 1. The molecule has 1 aromatic carbocycles. The normalized spacial score (nSPS) is 11.7. The van der Waals surface area contributed by atoms with Gasteiger partial charge in [-0.15, -0.1) is 0 Å². The predicted molar refractivity (Wildman–Crippen MR) is 48.9 cm³/mol. The highest BCUT2D eigenvalue weighted by atomic mass is 16.1. The topological polar surface area (TPSA) is 66.9 Å². The third-order valence-corrected chi connectivity index (χ3v) is 1.73. The molecule has 1 rings (SSSR count). The second-order valence-electron chi connectivity index (χ2n) is 2.81. The maximum absolute atomic E-state index is 10.3. The third-order valence-electron chi connectivity index (χ3n) is 1.73. The summed E-state index contributed by atoms with van der Waals surface area (Å²) in [6.07, 6.45) is 1.24. The van der Waals surface area contributed by atoms with Gasteiger partial charge in [-0.2, -0.15) is 5.26 Å². The summed E-state index contributed by atoms with van der Waals surface area (Å²) in [5.41, 5.74) is 7.03. The smallest absolute Gasteiger partial charge is 0.137 e. The number of hydrogen-bond acceptors (Lipinski definition) is 3. The van der Waals surface area contributed by atoms with Gasteiger partial charge in [0.15, 0.2) is 0 Å². The Morgan fingerprint density at radius 1 is 1.46 bits per heavy atom. The number of nitriles is 1. The van der Waals surface area contributed by atoms with Crippen LogP contribution in [0.15, 0.2) is 24.3 Å². The van der Waals surface area contributed by atoms with E-state index in [0.29, 0.717) is 12.0 Å². The summed E-state index contributed by atoms with van der Waals surface area (Å²) in [6.45, 7) is 0. The van der Waals surface area contributed by atoms with Crippen LogP contribution in [0, 0.1) is 11.3 Å². The molecule has 2 N–H and O–H groups in total. The standard InChI is InChI=1S/C10H10N2O/c11-6-9-3-1-8(2-4-9)5-10(12)7-13/h1-4,7,10H,5,12H2/t10-/m1/s1. The molecule has 0 aliphatic rings. The zero-order valence-electron chi connectivity index (χ0n) is 7.10. The lowest BCUT2D eigenvalue weighted by molar-refractivity contribution is -0.108. The highest BCUT2D eigenvalue weighted by Gasteiger charge is 2.01. The number of carbonyl (C=O) groups is 1. The molecule has 0 aliphatic heterocycles. The van der Waals surface area contributed by atoms with Crippen LogP contribution in [0.3, 0.4) is 0 Å². The summed E-state index contributed by atoms with van der Waals surface area (Å²) in [4.78, 5) is 10.3. The molecular weight excluding hydrogens is 164 g/mol. The van der Waals surface area contributed by atoms with E-state index in [0.717, 1.165) is 11.8 Å². The molecule has 0 unspecified atom stereocenters. The molecule has 1 aromatic rings. The number of carbonyl (C=O) groups excluding carboxylic acids is 1. The molecule has 0 aliphatic carbocycles. The molecule has 0 fully saturated rings. The van der Waals surface area contributed by atoms with Crippen molar-refractivity contribution in [2.45, 2.75) is 12.5 Å². The van der Waals surface area contributed by atoms with Crippen molar-refractivity contribution < 1.29 is 4.79 Å². The first-order valence-corrected chi connectivity index (χ1v) is 3.96. The summed E-state index contributed by atoms with van der Waals surface area (Å²) in [5, 5.41) is 8.53. The maximum atomic E-state index is 10.3. The van der Waals surface area contributed by atoms with Gasteiger partial charge in [0.05, 0.1) is 17.7 Å². The van der Waals surface area contributed by atoms with Gasteiger partial charge in [0, 0.05) is 0 Å². The second kappa shape index (κ2) is 4.39. The highest BCUT2D eigenvalue weighted by molar-refractivity contribution is 5.57. The van der Waals surface area contributed by atoms with Gasteiger partial charge in [0.1, 0.15) is 6.29 Å². The molecule has 66 valence electrons. The first-order chi connectivity index (χ1) is 6.26. The number of hydrogen-bond donors (Lipinski definition) is 1. The number of nitrogens with two attached hydrogens (primary N) is 1.